The van der Waals surface area contributed by atoms with Gasteiger partial charge in [-0.25, -0.2) is 4.68 Å². The fraction of sp³-hybridized carbons (Fsp3) is 0.286. The molecule has 0 unspecified atom stereocenters. The molecule has 1 aromatic heterocycles. The molecule has 1 heterocycles. The van der Waals surface area contributed by atoms with Gasteiger partial charge in [0, 0.05) is 12.6 Å². The van der Waals surface area contributed by atoms with E-state index in [1.54, 1.807) is 6.07 Å². The van der Waals surface area contributed by atoms with Gasteiger partial charge in [-0.05, 0) is 30.7 Å². The van der Waals surface area contributed by atoms with Gasteiger partial charge >= 0.3 is 0 Å². The number of nitrogens with two attached hydrogens (primary N) is 1. The van der Waals surface area contributed by atoms with Gasteiger partial charge in [0.25, 0.3) is 5.56 Å². The van der Waals surface area contributed by atoms with Crippen LogP contribution >= 0.6 is 0 Å². The summed E-state index contributed by atoms with van der Waals surface area (Å²) in [5.41, 5.74) is 7.27. The highest BCUT2D eigenvalue weighted by molar-refractivity contribution is 5.26. The van der Waals surface area contributed by atoms with Gasteiger partial charge in [0.2, 0.25) is 0 Å². The Morgan fingerprint density at radius 1 is 1.21 bits per heavy atom. The molecule has 1 aromatic carbocycles. The maximum Gasteiger partial charge on any atom is 0.266 e. The average Bonchev–Trinajstić information content (AvgIpc) is 2.43. The summed E-state index contributed by atoms with van der Waals surface area (Å²) in [5.74, 6) is 0.762. The second-order valence-electron chi connectivity index (χ2n) is 4.23. The lowest BCUT2D eigenvalue weighted by Gasteiger charge is -2.08. The molecule has 2 rings (SSSR count). The van der Waals surface area contributed by atoms with Gasteiger partial charge in [-0.15, -0.1) is 0 Å². The summed E-state index contributed by atoms with van der Waals surface area (Å²) in [7, 11) is 0. The van der Waals surface area contributed by atoms with Crippen LogP contribution in [0.4, 0.5) is 0 Å². The van der Waals surface area contributed by atoms with Crippen LogP contribution in [0.1, 0.15) is 11.3 Å². The Balaban J connectivity index is 1.92. The van der Waals surface area contributed by atoms with E-state index < -0.39 is 0 Å². The summed E-state index contributed by atoms with van der Waals surface area (Å²) >= 11 is 0. The molecular weight excluding hydrogens is 242 g/mol. The Labute approximate surface area is 111 Å². The van der Waals surface area contributed by atoms with Crippen molar-refractivity contribution in [2.45, 2.75) is 20.0 Å². The molecule has 19 heavy (non-hydrogen) atoms. The number of aromatic nitrogens is 2. The maximum atomic E-state index is 11.5. The second kappa shape index (κ2) is 6.15. The van der Waals surface area contributed by atoms with Gasteiger partial charge in [-0.2, -0.15) is 5.10 Å². The van der Waals surface area contributed by atoms with Crippen LogP contribution in [0.5, 0.6) is 5.75 Å². The number of ether oxygens (including phenoxy) is 1. The van der Waals surface area contributed by atoms with Crippen LogP contribution in [0.2, 0.25) is 0 Å². The SMILES string of the molecule is Cc1ccc(=O)n(CCOc2ccc(CN)cc2)n1. The monoisotopic (exact) mass is 259 g/mol. The lowest BCUT2D eigenvalue weighted by atomic mass is 10.2. The average molecular weight is 259 g/mol. The van der Waals surface area contributed by atoms with Crippen LogP contribution in [-0.2, 0) is 13.1 Å². The zero-order valence-corrected chi connectivity index (χ0v) is 10.9. The number of rotatable bonds is 5. The molecule has 5 nitrogen and oxygen atoms in total. The second-order valence-corrected chi connectivity index (χ2v) is 4.23. The van der Waals surface area contributed by atoms with Crippen molar-refractivity contribution in [3.8, 4) is 5.75 Å². The first kappa shape index (κ1) is 13.3. The van der Waals surface area contributed by atoms with Crippen molar-refractivity contribution in [1.82, 2.24) is 9.78 Å². The van der Waals surface area contributed by atoms with Gasteiger partial charge in [0.15, 0.2) is 0 Å². The van der Waals surface area contributed by atoms with Crippen molar-refractivity contribution in [3.05, 3.63) is 58.0 Å². The van der Waals surface area contributed by atoms with Crippen molar-refractivity contribution >= 4 is 0 Å². The van der Waals surface area contributed by atoms with Crippen molar-refractivity contribution in [2.24, 2.45) is 5.73 Å². The van der Waals surface area contributed by atoms with E-state index in [0.29, 0.717) is 19.7 Å². The number of aryl methyl sites for hydroxylation is 1. The number of benzene rings is 1. The van der Waals surface area contributed by atoms with E-state index >= 15 is 0 Å². The molecule has 0 saturated heterocycles. The predicted octanol–water partition coefficient (Wildman–Crippen LogP) is 1.09. The predicted molar refractivity (Wildman–Crippen MR) is 73.1 cm³/mol. The minimum atomic E-state index is -0.118. The third-order valence-electron chi connectivity index (χ3n) is 2.73. The summed E-state index contributed by atoms with van der Waals surface area (Å²) in [6, 6.07) is 10.8. The topological polar surface area (TPSA) is 70.1 Å². The Morgan fingerprint density at radius 2 is 1.95 bits per heavy atom. The molecule has 0 atom stereocenters. The van der Waals surface area contributed by atoms with Crippen LogP contribution in [0.25, 0.3) is 0 Å². The van der Waals surface area contributed by atoms with Crippen LogP contribution < -0.4 is 16.0 Å². The third-order valence-corrected chi connectivity index (χ3v) is 2.73. The Hall–Kier alpha value is -2.14. The molecule has 0 aliphatic rings. The van der Waals surface area contributed by atoms with E-state index in [-0.39, 0.29) is 5.56 Å². The molecule has 2 N–H and O–H groups in total. The molecule has 0 aliphatic heterocycles. The smallest absolute Gasteiger partial charge is 0.266 e. The number of nitrogens with zero attached hydrogens (tertiary/aromatic N) is 2. The maximum absolute atomic E-state index is 11.5. The minimum absolute atomic E-state index is 0.118. The van der Waals surface area contributed by atoms with E-state index in [2.05, 4.69) is 5.10 Å². The molecule has 0 saturated carbocycles. The molecule has 2 aromatic rings. The highest BCUT2D eigenvalue weighted by atomic mass is 16.5. The summed E-state index contributed by atoms with van der Waals surface area (Å²) in [6.45, 7) is 3.20. The Kier molecular flexibility index (Phi) is 4.30. The number of hydrogen-bond donors (Lipinski definition) is 1. The van der Waals surface area contributed by atoms with Crippen LogP contribution in [0.3, 0.4) is 0 Å². The summed E-state index contributed by atoms with van der Waals surface area (Å²) < 4.78 is 6.97. The Bertz CT molecular complexity index is 590. The highest BCUT2D eigenvalue weighted by Crippen LogP contribution is 2.11. The zero-order chi connectivity index (χ0) is 13.7. The first-order valence-corrected chi connectivity index (χ1v) is 6.15. The van der Waals surface area contributed by atoms with Crippen LogP contribution in [-0.4, -0.2) is 16.4 Å². The largest absolute Gasteiger partial charge is 0.492 e. The normalized spacial score (nSPS) is 10.4. The fourth-order valence-corrected chi connectivity index (χ4v) is 1.68. The minimum Gasteiger partial charge on any atom is -0.492 e. The van der Waals surface area contributed by atoms with Crippen LogP contribution in [0.15, 0.2) is 41.2 Å². The molecular formula is C14H17N3O2. The first-order chi connectivity index (χ1) is 9.19. The van der Waals surface area contributed by atoms with E-state index in [0.717, 1.165) is 17.0 Å². The number of hydrogen-bond acceptors (Lipinski definition) is 4. The van der Waals surface area contributed by atoms with Crippen molar-refractivity contribution in [1.29, 1.82) is 0 Å². The highest BCUT2D eigenvalue weighted by Gasteiger charge is 1.99. The molecule has 0 fully saturated rings. The lowest BCUT2D eigenvalue weighted by molar-refractivity contribution is 0.287. The standard InChI is InChI=1S/C14H17N3O2/c1-11-2-7-14(18)17(16-11)8-9-19-13-5-3-12(10-15)4-6-13/h2-7H,8-10,15H2,1H3. The van der Waals surface area contributed by atoms with Crippen molar-refractivity contribution in [2.75, 3.05) is 6.61 Å². The van der Waals surface area contributed by atoms with E-state index in [1.807, 2.05) is 31.2 Å². The third kappa shape index (κ3) is 3.66. The first-order valence-electron chi connectivity index (χ1n) is 6.15. The van der Waals surface area contributed by atoms with Crippen molar-refractivity contribution < 1.29 is 4.74 Å². The van der Waals surface area contributed by atoms with E-state index in [4.69, 9.17) is 10.5 Å². The summed E-state index contributed by atoms with van der Waals surface area (Å²) in [4.78, 5) is 11.5. The van der Waals surface area contributed by atoms with Crippen LogP contribution in [0, 0.1) is 6.92 Å². The summed E-state index contributed by atoms with van der Waals surface area (Å²) in [6.07, 6.45) is 0. The molecule has 5 heteroatoms. The zero-order valence-electron chi connectivity index (χ0n) is 10.9. The van der Waals surface area contributed by atoms with Gasteiger partial charge in [-0.1, -0.05) is 12.1 Å². The van der Waals surface area contributed by atoms with Gasteiger partial charge in [0.05, 0.1) is 12.2 Å². The summed E-state index contributed by atoms with van der Waals surface area (Å²) in [5, 5.41) is 4.14. The van der Waals surface area contributed by atoms with E-state index in [1.165, 1.54) is 10.7 Å². The van der Waals surface area contributed by atoms with Gasteiger partial charge < -0.3 is 10.5 Å². The van der Waals surface area contributed by atoms with Gasteiger partial charge in [-0.3, -0.25) is 4.79 Å². The molecule has 0 amide bonds. The van der Waals surface area contributed by atoms with Crippen molar-refractivity contribution in [3.63, 3.8) is 0 Å². The van der Waals surface area contributed by atoms with Gasteiger partial charge in [0.1, 0.15) is 12.4 Å². The molecule has 0 aliphatic carbocycles. The van der Waals surface area contributed by atoms with E-state index in [9.17, 15) is 4.79 Å². The Morgan fingerprint density at radius 3 is 2.63 bits per heavy atom. The fourth-order valence-electron chi connectivity index (χ4n) is 1.68. The molecule has 0 bridgehead atoms. The molecule has 0 radical (unpaired) electrons. The molecule has 100 valence electrons. The lowest BCUT2D eigenvalue weighted by Crippen LogP contribution is -2.25. The molecule has 0 spiro atoms. The quantitative estimate of drug-likeness (QED) is 0.872.